The molecule has 0 atom stereocenters. The highest BCUT2D eigenvalue weighted by molar-refractivity contribution is 5.69. The Morgan fingerprint density at radius 3 is 1.90 bits per heavy atom. The van der Waals surface area contributed by atoms with Gasteiger partial charge >= 0.3 is 0 Å². The molecule has 0 aliphatic carbocycles. The number of nitrogens with zero attached hydrogens (tertiary/aromatic N) is 1. The molecule has 1 heterocycles. The van der Waals surface area contributed by atoms with Gasteiger partial charge in [0.05, 0.1) is 12.3 Å². The van der Waals surface area contributed by atoms with Gasteiger partial charge in [-0.3, -0.25) is 4.98 Å². The van der Waals surface area contributed by atoms with Crippen LogP contribution in [0.4, 0.5) is 0 Å². The van der Waals surface area contributed by atoms with Crippen molar-refractivity contribution in [2.75, 3.05) is 6.61 Å². The van der Waals surface area contributed by atoms with Crippen LogP contribution in [0.25, 0.3) is 22.4 Å². The summed E-state index contributed by atoms with van der Waals surface area (Å²) in [5, 5.41) is 0. The van der Waals surface area contributed by atoms with Gasteiger partial charge in [-0.2, -0.15) is 0 Å². The van der Waals surface area contributed by atoms with E-state index in [4.69, 9.17) is 4.74 Å². The first-order valence-corrected chi connectivity index (χ1v) is 11.1. The third-order valence-electron chi connectivity index (χ3n) is 5.28. The molecular formula is C27H33NO. The highest BCUT2D eigenvalue weighted by atomic mass is 16.5. The third-order valence-corrected chi connectivity index (χ3v) is 5.28. The molecule has 0 N–H and O–H groups in total. The van der Waals surface area contributed by atoms with Crippen LogP contribution >= 0.6 is 0 Å². The number of ether oxygens (including phenoxy) is 1. The smallest absolute Gasteiger partial charge is 0.119 e. The SMILES string of the molecule is CCCCCOc1ccc(-c2ccc(-c3ccc(CCCCC)cn3)cc2)cc1. The van der Waals surface area contributed by atoms with E-state index in [0.717, 1.165) is 36.5 Å². The average Bonchev–Trinajstić information content (AvgIpc) is 2.78. The van der Waals surface area contributed by atoms with E-state index < -0.39 is 0 Å². The van der Waals surface area contributed by atoms with E-state index in [2.05, 4.69) is 79.5 Å². The van der Waals surface area contributed by atoms with Crippen LogP contribution < -0.4 is 4.74 Å². The number of aromatic nitrogens is 1. The molecule has 2 nitrogen and oxygen atoms in total. The Morgan fingerprint density at radius 2 is 1.28 bits per heavy atom. The van der Waals surface area contributed by atoms with Gasteiger partial charge in [-0.25, -0.2) is 0 Å². The molecule has 3 rings (SSSR count). The summed E-state index contributed by atoms with van der Waals surface area (Å²) in [6, 6.07) is 21.4. The molecule has 3 aromatic rings. The van der Waals surface area contributed by atoms with E-state index in [9.17, 15) is 0 Å². The minimum atomic E-state index is 0.798. The largest absolute Gasteiger partial charge is 0.494 e. The fourth-order valence-electron chi connectivity index (χ4n) is 3.44. The molecular weight excluding hydrogens is 354 g/mol. The zero-order chi connectivity index (χ0) is 20.3. The molecule has 2 heteroatoms. The fraction of sp³-hybridized carbons (Fsp3) is 0.370. The van der Waals surface area contributed by atoms with Crippen LogP contribution in [0, 0.1) is 0 Å². The topological polar surface area (TPSA) is 22.1 Å². The Labute approximate surface area is 176 Å². The summed E-state index contributed by atoms with van der Waals surface area (Å²) in [6.45, 7) is 5.24. The van der Waals surface area contributed by atoms with Crippen LogP contribution in [0.3, 0.4) is 0 Å². The second-order valence-corrected chi connectivity index (χ2v) is 7.67. The van der Waals surface area contributed by atoms with E-state index in [1.807, 2.05) is 6.20 Å². The molecule has 0 saturated carbocycles. The first kappa shape index (κ1) is 21.1. The van der Waals surface area contributed by atoms with Gasteiger partial charge in [0.1, 0.15) is 5.75 Å². The van der Waals surface area contributed by atoms with Crippen molar-refractivity contribution >= 4 is 0 Å². The van der Waals surface area contributed by atoms with Gasteiger partial charge in [0, 0.05) is 11.8 Å². The summed E-state index contributed by atoms with van der Waals surface area (Å²) in [6.07, 6.45) is 10.5. The fourth-order valence-corrected chi connectivity index (χ4v) is 3.44. The van der Waals surface area contributed by atoms with Crippen LogP contribution in [-0.2, 0) is 6.42 Å². The quantitative estimate of drug-likeness (QED) is 0.314. The lowest BCUT2D eigenvalue weighted by Crippen LogP contribution is -1.96. The van der Waals surface area contributed by atoms with Crippen LogP contribution in [0.5, 0.6) is 5.75 Å². The maximum atomic E-state index is 5.81. The van der Waals surface area contributed by atoms with Crippen molar-refractivity contribution in [2.24, 2.45) is 0 Å². The monoisotopic (exact) mass is 387 g/mol. The molecule has 0 aliphatic rings. The average molecular weight is 388 g/mol. The first-order chi connectivity index (χ1) is 14.3. The Kier molecular flexibility index (Phi) is 8.30. The van der Waals surface area contributed by atoms with Crippen molar-refractivity contribution < 1.29 is 4.74 Å². The number of hydrogen-bond acceptors (Lipinski definition) is 2. The van der Waals surface area contributed by atoms with E-state index in [0.29, 0.717) is 0 Å². The lowest BCUT2D eigenvalue weighted by molar-refractivity contribution is 0.306. The summed E-state index contributed by atoms with van der Waals surface area (Å²) in [7, 11) is 0. The van der Waals surface area contributed by atoms with Crippen LogP contribution in [-0.4, -0.2) is 11.6 Å². The standard InChI is InChI=1S/C27H33NO/c1-3-5-7-9-22-10-19-27(28-21-22)25-13-11-23(12-14-25)24-15-17-26(18-16-24)29-20-8-6-4-2/h10-19,21H,3-9,20H2,1-2H3. The number of unbranched alkanes of at least 4 members (excludes halogenated alkanes) is 4. The molecule has 0 radical (unpaired) electrons. The summed E-state index contributed by atoms with van der Waals surface area (Å²) >= 11 is 0. The first-order valence-electron chi connectivity index (χ1n) is 11.1. The van der Waals surface area contributed by atoms with E-state index in [-0.39, 0.29) is 0 Å². The molecule has 29 heavy (non-hydrogen) atoms. The van der Waals surface area contributed by atoms with Gasteiger partial charge < -0.3 is 4.74 Å². The van der Waals surface area contributed by atoms with Gasteiger partial charge in [0.2, 0.25) is 0 Å². The highest BCUT2D eigenvalue weighted by Gasteiger charge is 2.03. The summed E-state index contributed by atoms with van der Waals surface area (Å²) in [5.41, 5.74) is 5.94. The number of rotatable bonds is 11. The Bertz CT molecular complexity index is 835. The zero-order valence-electron chi connectivity index (χ0n) is 17.9. The molecule has 0 saturated heterocycles. The lowest BCUT2D eigenvalue weighted by atomic mass is 10.0. The van der Waals surface area contributed by atoms with Crippen molar-refractivity contribution in [3.05, 3.63) is 72.4 Å². The molecule has 0 fully saturated rings. The van der Waals surface area contributed by atoms with Crippen molar-refractivity contribution in [1.82, 2.24) is 4.98 Å². The second-order valence-electron chi connectivity index (χ2n) is 7.67. The normalized spacial score (nSPS) is 10.8. The lowest BCUT2D eigenvalue weighted by Gasteiger charge is -2.08. The minimum Gasteiger partial charge on any atom is -0.494 e. The zero-order valence-corrected chi connectivity index (χ0v) is 17.9. The third kappa shape index (κ3) is 6.45. The number of hydrogen-bond donors (Lipinski definition) is 0. The predicted molar refractivity (Wildman–Crippen MR) is 123 cm³/mol. The number of aryl methyl sites for hydroxylation is 1. The van der Waals surface area contributed by atoms with E-state index in [1.54, 1.807) is 0 Å². The van der Waals surface area contributed by atoms with Gasteiger partial charge in [0.15, 0.2) is 0 Å². The highest BCUT2D eigenvalue weighted by Crippen LogP contribution is 2.26. The Hall–Kier alpha value is -2.61. The van der Waals surface area contributed by atoms with Crippen molar-refractivity contribution in [1.29, 1.82) is 0 Å². The molecule has 0 amide bonds. The number of benzene rings is 2. The number of pyridine rings is 1. The van der Waals surface area contributed by atoms with Crippen LogP contribution in [0.15, 0.2) is 66.9 Å². The molecule has 1 aromatic heterocycles. The van der Waals surface area contributed by atoms with Crippen molar-refractivity contribution in [3.8, 4) is 28.1 Å². The Balaban J connectivity index is 1.59. The van der Waals surface area contributed by atoms with Crippen LogP contribution in [0.2, 0.25) is 0 Å². The summed E-state index contributed by atoms with van der Waals surface area (Å²) in [5.74, 6) is 0.949. The van der Waals surface area contributed by atoms with Gasteiger partial charge in [-0.15, -0.1) is 0 Å². The van der Waals surface area contributed by atoms with Gasteiger partial charge in [-0.1, -0.05) is 82.0 Å². The van der Waals surface area contributed by atoms with Crippen molar-refractivity contribution in [3.63, 3.8) is 0 Å². The van der Waals surface area contributed by atoms with Gasteiger partial charge in [0.25, 0.3) is 0 Å². The molecule has 2 aromatic carbocycles. The predicted octanol–water partition coefficient (Wildman–Crippen LogP) is 7.72. The molecule has 152 valence electrons. The van der Waals surface area contributed by atoms with E-state index in [1.165, 1.54) is 48.8 Å². The summed E-state index contributed by atoms with van der Waals surface area (Å²) < 4.78 is 5.81. The van der Waals surface area contributed by atoms with Gasteiger partial charge in [-0.05, 0) is 54.2 Å². The van der Waals surface area contributed by atoms with Crippen molar-refractivity contribution in [2.45, 2.75) is 58.8 Å². The maximum absolute atomic E-state index is 5.81. The maximum Gasteiger partial charge on any atom is 0.119 e. The van der Waals surface area contributed by atoms with E-state index >= 15 is 0 Å². The summed E-state index contributed by atoms with van der Waals surface area (Å²) in [4.78, 5) is 4.67. The Morgan fingerprint density at radius 1 is 0.655 bits per heavy atom. The molecule has 0 aliphatic heterocycles. The molecule has 0 unspecified atom stereocenters. The molecule has 0 bridgehead atoms. The minimum absolute atomic E-state index is 0.798. The van der Waals surface area contributed by atoms with Crippen LogP contribution in [0.1, 0.15) is 57.9 Å². The second kappa shape index (κ2) is 11.4. The molecule has 0 spiro atoms.